The van der Waals surface area contributed by atoms with E-state index in [9.17, 15) is 38.4 Å². The summed E-state index contributed by atoms with van der Waals surface area (Å²) in [7, 11) is 8.35. The van der Waals surface area contributed by atoms with Crippen LogP contribution in [0.25, 0.3) is 0 Å². The molecular weight excluding hydrogens is 1000 g/mol. The number of quaternary nitrogens is 1. The number of hydrogen-bond donors (Lipinski definition) is 5. The molecule has 0 aromatic rings. The van der Waals surface area contributed by atoms with Crippen LogP contribution in [0.15, 0.2) is 17.3 Å². The van der Waals surface area contributed by atoms with Crippen LogP contribution < -0.4 is 24.2 Å². The highest BCUT2D eigenvalue weighted by Gasteiger charge is 2.49. The minimum Gasteiger partial charge on any atom is -1.00 e. The Hall–Kier alpha value is -3.89. The number of nitrogens with one attached hydrogen (secondary N) is 1. The topological polar surface area (TPSA) is 347 Å². The molecule has 5 aliphatic carbocycles. The van der Waals surface area contributed by atoms with Crippen LogP contribution >= 0.6 is 20.8 Å². The highest BCUT2D eigenvalue weighted by molar-refractivity contribution is 14.1. The number of esters is 3. The summed E-state index contributed by atoms with van der Waals surface area (Å²) in [6.45, 7) is 10.1. The highest BCUT2D eigenvalue weighted by atomic mass is 127. The van der Waals surface area contributed by atoms with Crippen LogP contribution in [0.4, 0.5) is 0 Å². The lowest BCUT2D eigenvalue weighted by atomic mass is 9.69. The van der Waals surface area contributed by atoms with Crippen LogP contribution in [0, 0.1) is 27.2 Å². The van der Waals surface area contributed by atoms with Crippen molar-refractivity contribution in [3.63, 3.8) is 0 Å². The van der Waals surface area contributed by atoms with Gasteiger partial charge in [0.25, 0.3) is 5.79 Å². The number of hydrogen-bond acceptors (Lipinski definition) is 22. The standard InChI is InChI=1S/C12H16O5.C8H10O2.C6H10O4.C6H8O.C4H12N.C2H4O3.CH4N2O.CH5NO.ClH.H2INO/c1-12(2)16-10(14)9(11(15)17-12)7-5-3-4-6-8(7)13;9-7-3-5-1-2-6(7)8(10)4-5;1-6(2)9-4(7)3-5(8)10-6;7-6-4-2-1-3-5-6;1-5(2,3)4;1-2(3)5-4;1-3-4-2;1-3-2;;2-1-3/h7,9H,3-6H2,1-2H3;5-6H,1-4H2;4,7H,3H2,1-2H3;2,4H,1,3,5H2;1-4H3;4H,1H3;1-2H2;2H2,1H3;1H;1-2H/q;;;;+1;;;;;/p-1/i;;;;;;;1D;;1D. The fraction of sp³-hybridized carbons (Fsp3) is 0.725. The Morgan fingerprint density at radius 2 is 1.38 bits per heavy atom. The molecule has 2 unspecified atom stereocenters. The Morgan fingerprint density at radius 1 is 0.908 bits per heavy atom. The molecule has 0 amide bonds. The number of carbonyl (C=O) groups is 8. The van der Waals surface area contributed by atoms with E-state index in [1.807, 2.05) is 6.08 Å². The number of Topliss-reactive ketones (excluding diaryl/α,β-unsaturated/α-hetero) is 3. The molecule has 378 valence electrons. The smallest absolute Gasteiger partial charge is 0.339 e. The maximum atomic E-state index is 11.8. The van der Waals surface area contributed by atoms with Crippen LogP contribution in [-0.4, -0.2) is 122 Å². The summed E-state index contributed by atoms with van der Waals surface area (Å²) in [5.41, 5.74) is 0. The van der Waals surface area contributed by atoms with Crippen molar-refractivity contribution in [1.82, 2.24) is 0 Å². The van der Waals surface area contributed by atoms with Gasteiger partial charge in [0, 0.05) is 72.9 Å². The summed E-state index contributed by atoms with van der Waals surface area (Å²) in [5.74, 6) is 3.32. The average molecular weight is 1070 g/mol. The average Bonchev–Trinajstić information content (AvgIpc) is 3.17. The highest BCUT2D eigenvalue weighted by Crippen LogP contribution is 2.36. The number of nitrogens with two attached hydrogens (primary N) is 2. The fourth-order valence-electron chi connectivity index (χ4n) is 6.00. The number of cyclic esters (lactones) is 3. The monoisotopic (exact) mass is 1070 g/mol. The lowest BCUT2D eigenvalue weighted by Crippen LogP contribution is -3.00. The molecule has 4 saturated carbocycles. The van der Waals surface area contributed by atoms with E-state index in [1.54, 1.807) is 19.9 Å². The van der Waals surface area contributed by atoms with Gasteiger partial charge in [0.15, 0.2) is 39.4 Å². The first-order valence-electron chi connectivity index (χ1n) is 20.9. The third kappa shape index (κ3) is 36.0. The van der Waals surface area contributed by atoms with Crippen LogP contribution in [0.2, 0.25) is 0 Å². The second-order valence-electron chi connectivity index (χ2n) is 16.5. The first-order chi connectivity index (χ1) is 30.4. The number of ketones is 4. The molecular formula is C40H71ClIN5O18. The number of nitrogens with zero attached hydrogens (tertiary/aromatic N) is 2. The quantitative estimate of drug-likeness (QED) is 0.0369. The SMILES string of the molecule is C=NON.CC(=O)OO.CC1(C)OC(=O)C(C2CCCCC2=O)C(=O)O1.CC1(C)OC(=O)CC(O)O1.C[N+](C)(C)C.O=C1C=CCCC1.O=C1CC2CCC1C(=O)C2.[2H]CON.[2H]I(=N)=O.[Cl-]. The largest absolute Gasteiger partial charge is 1.00 e. The minimum absolute atomic E-state index is 0. The van der Waals surface area contributed by atoms with E-state index in [4.69, 9.17) is 37.9 Å². The van der Waals surface area contributed by atoms with Crippen molar-refractivity contribution >= 4 is 74.5 Å². The van der Waals surface area contributed by atoms with Gasteiger partial charge in [0.05, 0.1) is 49.0 Å². The fourth-order valence-corrected chi connectivity index (χ4v) is 6.00. The Kier molecular flexibility index (Phi) is 35.2. The minimum atomic E-state index is -3.01. The van der Waals surface area contributed by atoms with Crippen LogP contribution in [0.3, 0.4) is 0 Å². The number of aliphatic hydroxyl groups is 1. The molecule has 7 rings (SSSR count). The van der Waals surface area contributed by atoms with Gasteiger partial charge < -0.3 is 55.6 Å². The zero-order chi connectivity index (χ0) is 51.8. The van der Waals surface area contributed by atoms with E-state index in [1.165, 1.54) is 13.8 Å². The molecule has 2 saturated heterocycles. The molecule has 2 aliphatic heterocycles. The third-order valence-corrected chi connectivity index (χ3v) is 8.25. The Morgan fingerprint density at radius 3 is 1.66 bits per heavy atom. The molecule has 25 heteroatoms. The van der Waals surface area contributed by atoms with Gasteiger partial charge in [0.2, 0.25) is 5.79 Å². The van der Waals surface area contributed by atoms with Crippen molar-refractivity contribution in [1.29, 1.82) is 4.16 Å². The van der Waals surface area contributed by atoms with Gasteiger partial charge in [-0.3, -0.25) is 40.2 Å². The number of ether oxygens (including phenoxy) is 4. The number of allylic oxidation sites excluding steroid dienone is 2. The number of oxime groups is 1. The van der Waals surface area contributed by atoms with Crippen molar-refractivity contribution < 1.29 is 104 Å². The summed E-state index contributed by atoms with van der Waals surface area (Å²) >= 11 is -3.01. The Labute approximate surface area is 398 Å². The summed E-state index contributed by atoms with van der Waals surface area (Å²) in [5, 5.41) is 19.0. The number of aliphatic hydroxyl groups excluding tert-OH is 1. The Balaban J connectivity index is -0.000000352. The molecule has 2 bridgehead atoms. The molecule has 0 spiro atoms. The molecule has 0 radical (unpaired) electrons. The van der Waals surface area contributed by atoms with Crippen LogP contribution in [0.5, 0.6) is 0 Å². The lowest BCUT2D eigenvalue weighted by molar-refractivity contribution is -0.849. The predicted octanol–water partition coefficient (Wildman–Crippen LogP) is 0.588. The summed E-state index contributed by atoms with van der Waals surface area (Å²) < 4.78 is 47.5. The zero-order valence-electron chi connectivity index (χ0n) is 40.7. The second kappa shape index (κ2) is 36.3. The summed E-state index contributed by atoms with van der Waals surface area (Å²) in [6.07, 6.45) is 11.4. The van der Waals surface area contributed by atoms with E-state index in [-0.39, 0.29) is 55.0 Å². The van der Waals surface area contributed by atoms with E-state index in [2.05, 4.69) is 66.5 Å². The first kappa shape index (κ1) is 63.2. The number of carbonyl (C=O) groups excluding carboxylic acids is 8. The van der Waals surface area contributed by atoms with Gasteiger partial charge in [-0.1, -0.05) is 17.7 Å². The van der Waals surface area contributed by atoms with Gasteiger partial charge in [0.1, 0.15) is 17.3 Å². The molecule has 7 N–H and O–H groups in total. The number of rotatable bonds is 2. The van der Waals surface area contributed by atoms with Gasteiger partial charge >= 0.3 is 23.9 Å². The number of halogens is 2. The van der Waals surface area contributed by atoms with E-state index >= 15 is 0 Å². The zero-order valence-corrected chi connectivity index (χ0v) is 41.6. The van der Waals surface area contributed by atoms with Gasteiger partial charge in [-0.2, -0.15) is 5.26 Å². The molecule has 2 heterocycles. The first-order valence-corrected chi connectivity index (χ1v) is 21.8. The molecule has 6 fully saturated rings. The van der Waals surface area contributed by atoms with Crippen molar-refractivity contribution in [2.75, 3.05) is 35.3 Å². The second-order valence-corrected chi connectivity index (χ2v) is 17.0. The summed E-state index contributed by atoms with van der Waals surface area (Å²) in [6, 6.07) is 0. The molecule has 65 heavy (non-hydrogen) atoms. The van der Waals surface area contributed by atoms with Gasteiger partial charge in [-0.05, 0) is 50.5 Å². The molecule has 7 aliphatic rings. The summed E-state index contributed by atoms with van der Waals surface area (Å²) in [4.78, 5) is 98.1. The van der Waals surface area contributed by atoms with Crippen LogP contribution in [-0.2, 0) is 75.0 Å². The van der Waals surface area contributed by atoms with Crippen LogP contribution in [0.1, 0.15) is 113 Å². The Bertz CT molecular complexity index is 1630. The van der Waals surface area contributed by atoms with Gasteiger partial charge in [-0.25, -0.2) is 10.7 Å². The maximum Gasteiger partial charge on any atom is 0.339 e. The number of fused-ring (bicyclic) bond motifs is 3. The van der Waals surface area contributed by atoms with Crippen molar-refractivity contribution in [2.45, 2.75) is 130 Å². The third-order valence-electron chi connectivity index (χ3n) is 8.25. The van der Waals surface area contributed by atoms with E-state index in [0.29, 0.717) is 31.6 Å². The van der Waals surface area contributed by atoms with Crippen molar-refractivity contribution in [3.8, 4) is 0 Å². The molecule has 23 nitrogen and oxygen atoms in total. The molecule has 0 aromatic heterocycles. The van der Waals surface area contributed by atoms with E-state index < -0.39 is 74.4 Å². The van der Waals surface area contributed by atoms with Gasteiger partial charge in [-0.15, -0.1) is 5.90 Å². The lowest BCUT2D eigenvalue weighted by Gasteiger charge is -2.36. The maximum absolute atomic E-state index is 11.8. The van der Waals surface area contributed by atoms with Crippen molar-refractivity contribution in [3.05, 3.63) is 12.2 Å². The normalized spacial score (nSPS) is 23.6. The predicted molar refractivity (Wildman–Crippen MR) is 235 cm³/mol. The molecule has 2 atom stereocenters. The van der Waals surface area contributed by atoms with Crippen molar-refractivity contribution in [2.24, 2.45) is 40.6 Å². The molecule has 0 aromatic carbocycles. The van der Waals surface area contributed by atoms with E-state index in [0.717, 1.165) is 56.4 Å².